The summed E-state index contributed by atoms with van der Waals surface area (Å²) in [7, 11) is 1.75. The smallest absolute Gasteiger partial charge is 0.225 e. The number of rotatable bonds is 4. The van der Waals surface area contributed by atoms with Gasteiger partial charge in [-0.1, -0.05) is 6.42 Å². The molecule has 1 amide bonds. The first-order chi connectivity index (χ1) is 9.42. The molecule has 1 N–H and O–H groups in total. The van der Waals surface area contributed by atoms with E-state index in [2.05, 4.69) is 0 Å². The number of ether oxygens (including phenoxy) is 2. The van der Waals surface area contributed by atoms with Crippen LogP contribution in [0.15, 0.2) is 0 Å². The number of methoxy groups -OCH3 is 1. The fourth-order valence-electron chi connectivity index (χ4n) is 3.45. The first-order valence-corrected chi connectivity index (χ1v) is 7.55. The minimum absolute atomic E-state index is 0.0209. The zero-order valence-electron chi connectivity index (χ0n) is 12.8. The fraction of sp³-hybridized carbons (Fsp3) is 0.933. The highest BCUT2D eigenvalue weighted by molar-refractivity contribution is 5.77. The van der Waals surface area contributed by atoms with Gasteiger partial charge in [-0.2, -0.15) is 0 Å². The van der Waals surface area contributed by atoms with E-state index in [9.17, 15) is 9.90 Å². The Balaban J connectivity index is 2.07. The number of carbonyl (C=O) groups excluding carboxylic acids is 1. The number of aliphatic hydroxyl groups is 1. The second kappa shape index (κ2) is 6.41. The Morgan fingerprint density at radius 3 is 2.85 bits per heavy atom. The minimum Gasteiger partial charge on any atom is -0.390 e. The van der Waals surface area contributed by atoms with E-state index in [1.807, 2.05) is 4.90 Å². The molecule has 2 aliphatic rings. The van der Waals surface area contributed by atoms with Gasteiger partial charge in [0.05, 0.1) is 37.4 Å². The van der Waals surface area contributed by atoms with Gasteiger partial charge in [-0.15, -0.1) is 0 Å². The van der Waals surface area contributed by atoms with Crippen LogP contribution in [-0.4, -0.2) is 60.5 Å². The fourth-order valence-corrected chi connectivity index (χ4v) is 3.45. The summed E-state index contributed by atoms with van der Waals surface area (Å²) < 4.78 is 11.1. The van der Waals surface area contributed by atoms with Crippen molar-refractivity contribution in [1.82, 2.24) is 4.90 Å². The summed E-state index contributed by atoms with van der Waals surface area (Å²) >= 11 is 0. The Kier molecular flexibility index (Phi) is 5.04. The van der Waals surface area contributed by atoms with Crippen LogP contribution in [0.3, 0.4) is 0 Å². The maximum absolute atomic E-state index is 12.4. The first-order valence-electron chi connectivity index (χ1n) is 7.55. The molecule has 20 heavy (non-hydrogen) atoms. The van der Waals surface area contributed by atoms with Crippen LogP contribution < -0.4 is 0 Å². The third-order valence-corrected chi connectivity index (χ3v) is 4.37. The molecule has 2 fully saturated rings. The number of hydrogen-bond acceptors (Lipinski definition) is 4. The molecule has 0 aromatic heterocycles. The van der Waals surface area contributed by atoms with Crippen LogP contribution in [0.2, 0.25) is 0 Å². The zero-order valence-corrected chi connectivity index (χ0v) is 12.8. The molecule has 2 rings (SSSR count). The molecule has 1 heterocycles. The van der Waals surface area contributed by atoms with Crippen molar-refractivity contribution in [2.45, 2.75) is 57.3 Å². The molecular weight excluding hydrogens is 258 g/mol. The number of morpholine rings is 1. The number of hydrogen-bond donors (Lipinski definition) is 1. The van der Waals surface area contributed by atoms with E-state index >= 15 is 0 Å². The summed E-state index contributed by atoms with van der Waals surface area (Å²) in [6.45, 7) is 5.13. The number of nitrogens with zero attached hydrogens (tertiary/aromatic N) is 1. The molecule has 116 valence electrons. The quantitative estimate of drug-likeness (QED) is 0.843. The molecule has 3 atom stereocenters. The summed E-state index contributed by atoms with van der Waals surface area (Å²) in [4.78, 5) is 14.4. The number of amides is 1. The Bertz CT molecular complexity index is 339. The van der Waals surface area contributed by atoms with E-state index in [4.69, 9.17) is 9.47 Å². The van der Waals surface area contributed by atoms with Crippen molar-refractivity contribution >= 4 is 5.91 Å². The summed E-state index contributed by atoms with van der Waals surface area (Å²) in [6, 6.07) is 0.0889. The molecular formula is C15H27NO4. The standard InChI is InChI=1S/C15H27NO4/c1-15(2,18)9-14(17)16-7-8-20-10-12(16)11-5-4-6-13(11)19-3/h11-13,18H,4-10H2,1-3H3/t11-,12+,13-/m1/s1. The molecule has 0 spiro atoms. The first kappa shape index (κ1) is 15.7. The van der Waals surface area contributed by atoms with Crippen LogP contribution in [0.25, 0.3) is 0 Å². The van der Waals surface area contributed by atoms with Gasteiger partial charge >= 0.3 is 0 Å². The second-order valence-electron chi connectivity index (χ2n) is 6.59. The van der Waals surface area contributed by atoms with Crippen LogP contribution in [0, 0.1) is 5.92 Å². The van der Waals surface area contributed by atoms with E-state index in [0.29, 0.717) is 25.7 Å². The van der Waals surface area contributed by atoms with Crippen LogP contribution in [0.4, 0.5) is 0 Å². The average molecular weight is 285 g/mol. The van der Waals surface area contributed by atoms with Gasteiger partial charge in [-0.05, 0) is 26.7 Å². The van der Waals surface area contributed by atoms with E-state index in [1.54, 1.807) is 21.0 Å². The summed E-state index contributed by atoms with van der Waals surface area (Å²) in [6.07, 6.45) is 3.67. The van der Waals surface area contributed by atoms with Gasteiger partial charge in [-0.25, -0.2) is 0 Å². The second-order valence-corrected chi connectivity index (χ2v) is 6.59. The SMILES string of the molecule is CO[C@@H]1CCC[C@@H]1[C@@H]1COCCN1C(=O)CC(C)(C)O. The summed E-state index contributed by atoms with van der Waals surface area (Å²) in [5.41, 5.74) is -0.962. The van der Waals surface area contributed by atoms with E-state index < -0.39 is 5.60 Å². The van der Waals surface area contributed by atoms with Gasteiger partial charge in [-0.3, -0.25) is 4.79 Å². The van der Waals surface area contributed by atoms with Gasteiger partial charge in [0.25, 0.3) is 0 Å². The van der Waals surface area contributed by atoms with Crippen molar-refractivity contribution < 1.29 is 19.4 Å². The summed E-state index contributed by atoms with van der Waals surface area (Å²) in [5.74, 6) is 0.374. The van der Waals surface area contributed by atoms with Crippen LogP contribution >= 0.6 is 0 Å². The van der Waals surface area contributed by atoms with Crippen LogP contribution in [0.1, 0.15) is 39.5 Å². The van der Waals surface area contributed by atoms with Gasteiger partial charge < -0.3 is 19.5 Å². The molecule has 1 aliphatic heterocycles. The predicted octanol–water partition coefficient (Wildman–Crippen LogP) is 1.19. The van der Waals surface area contributed by atoms with Crippen molar-refractivity contribution in [2.75, 3.05) is 26.9 Å². The van der Waals surface area contributed by atoms with Gasteiger partial charge in [0.2, 0.25) is 5.91 Å². The van der Waals surface area contributed by atoms with Crippen molar-refractivity contribution in [3.8, 4) is 0 Å². The van der Waals surface area contributed by atoms with E-state index in [0.717, 1.165) is 19.3 Å². The average Bonchev–Trinajstić information content (AvgIpc) is 2.84. The highest BCUT2D eigenvalue weighted by Crippen LogP contribution is 2.34. The molecule has 0 aromatic carbocycles. The van der Waals surface area contributed by atoms with Crippen molar-refractivity contribution in [2.24, 2.45) is 5.92 Å². The molecule has 5 heteroatoms. The molecule has 0 aromatic rings. The molecule has 1 aliphatic carbocycles. The van der Waals surface area contributed by atoms with Crippen molar-refractivity contribution in [1.29, 1.82) is 0 Å². The van der Waals surface area contributed by atoms with E-state index in [-0.39, 0.29) is 24.5 Å². The lowest BCUT2D eigenvalue weighted by Crippen LogP contribution is -2.54. The van der Waals surface area contributed by atoms with Gasteiger partial charge in [0, 0.05) is 19.6 Å². The normalized spacial score (nSPS) is 31.6. The van der Waals surface area contributed by atoms with Crippen molar-refractivity contribution in [3.63, 3.8) is 0 Å². The van der Waals surface area contributed by atoms with E-state index in [1.165, 1.54) is 0 Å². The molecule has 0 radical (unpaired) electrons. The Morgan fingerprint density at radius 1 is 1.45 bits per heavy atom. The Hall–Kier alpha value is -0.650. The van der Waals surface area contributed by atoms with Crippen LogP contribution in [0.5, 0.6) is 0 Å². The number of carbonyl (C=O) groups is 1. The van der Waals surface area contributed by atoms with Gasteiger partial charge in [0.1, 0.15) is 0 Å². The molecule has 0 bridgehead atoms. The largest absolute Gasteiger partial charge is 0.390 e. The maximum Gasteiger partial charge on any atom is 0.225 e. The lowest BCUT2D eigenvalue weighted by atomic mass is 9.93. The lowest BCUT2D eigenvalue weighted by Gasteiger charge is -2.41. The highest BCUT2D eigenvalue weighted by Gasteiger charge is 2.40. The van der Waals surface area contributed by atoms with Gasteiger partial charge in [0.15, 0.2) is 0 Å². The predicted molar refractivity (Wildman–Crippen MR) is 75.4 cm³/mol. The molecule has 1 saturated carbocycles. The minimum atomic E-state index is -0.962. The Morgan fingerprint density at radius 2 is 2.20 bits per heavy atom. The van der Waals surface area contributed by atoms with Crippen molar-refractivity contribution in [3.05, 3.63) is 0 Å². The summed E-state index contributed by atoms with van der Waals surface area (Å²) in [5, 5.41) is 9.87. The monoisotopic (exact) mass is 285 g/mol. The topological polar surface area (TPSA) is 59.0 Å². The zero-order chi connectivity index (χ0) is 14.8. The van der Waals surface area contributed by atoms with Crippen LogP contribution in [-0.2, 0) is 14.3 Å². The molecule has 5 nitrogen and oxygen atoms in total. The molecule has 1 saturated heterocycles. The Labute approximate surface area is 121 Å². The lowest BCUT2D eigenvalue weighted by molar-refractivity contribution is -0.148. The maximum atomic E-state index is 12.4. The third kappa shape index (κ3) is 3.71. The third-order valence-electron chi connectivity index (χ3n) is 4.37. The highest BCUT2D eigenvalue weighted by atomic mass is 16.5. The molecule has 0 unspecified atom stereocenters.